The summed E-state index contributed by atoms with van der Waals surface area (Å²) in [7, 11) is -1.40. The fourth-order valence-corrected chi connectivity index (χ4v) is 3.50. The van der Waals surface area contributed by atoms with E-state index in [-0.39, 0.29) is 10.7 Å². The van der Waals surface area contributed by atoms with Gasteiger partial charge in [0, 0.05) is 13.1 Å². The molecular weight excluding hydrogens is 254 g/mol. The molecule has 0 aromatic heterocycles. The Hall–Kier alpha value is 0.390. The summed E-state index contributed by atoms with van der Waals surface area (Å²) in [6.45, 7) is 4.33. The Labute approximate surface area is 88.7 Å². The lowest BCUT2D eigenvalue weighted by atomic mass is 9.68. The molecule has 1 rings (SSSR count). The summed E-state index contributed by atoms with van der Waals surface area (Å²) in [5.74, 6) is 0. The Morgan fingerprint density at radius 1 is 1.46 bits per heavy atom. The second kappa shape index (κ2) is 3.51. The molecule has 0 unspecified atom stereocenters. The van der Waals surface area contributed by atoms with E-state index in [4.69, 9.17) is 0 Å². The molecule has 0 aliphatic heterocycles. The maximum absolute atomic E-state index is 11.4. The van der Waals surface area contributed by atoms with E-state index >= 15 is 0 Å². The number of nitrogens with zero attached hydrogens (tertiary/aromatic N) is 1. The van der Waals surface area contributed by atoms with Crippen LogP contribution in [0.1, 0.15) is 26.7 Å². The molecule has 0 heterocycles. The Morgan fingerprint density at radius 3 is 2.23 bits per heavy atom. The summed E-state index contributed by atoms with van der Waals surface area (Å²) in [4.78, 5) is 0. The number of sulfonamides is 1. The molecule has 0 amide bonds. The second-order valence-electron chi connectivity index (χ2n) is 4.46. The third kappa shape index (κ3) is 2.44. The van der Waals surface area contributed by atoms with Gasteiger partial charge in [0.2, 0.25) is 10.0 Å². The van der Waals surface area contributed by atoms with Gasteiger partial charge >= 0.3 is 0 Å². The van der Waals surface area contributed by atoms with Gasteiger partial charge in [0.25, 0.3) is 0 Å². The van der Waals surface area contributed by atoms with Crippen LogP contribution in [-0.2, 0) is 10.0 Å². The monoisotopic (exact) mass is 269 g/mol. The summed E-state index contributed by atoms with van der Waals surface area (Å²) in [5.41, 5.74) is 0.320. The lowest BCUT2D eigenvalue weighted by molar-refractivity contribution is 0.0860. The molecule has 0 radical (unpaired) electrons. The van der Waals surface area contributed by atoms with Gasteiger partial charge in [0.15, 0.2) is 0 Å². The fraction of sp³-hybridized carbons (Fsp3) is 1.00. The second-order valence-corrected chi connectivity index (χ2v) is 7.80. The number of rotatable bonds is 3. The molecule has 3 nitrogen and oxygen atoms in total. The molecule has 1 fully saturated rings. The summed E-state index contributed by atoms with van der Waals surface area (Å²) >= 11 is 2.99. The predicted molar refractivity (Wildman–Crippen MR) is 57.3 cm³/mol. The third-order valence-electron chi connectivity index (χ3n) is 2.67. The highest BCUT2D eigenvalue weighted by Crippen LogP contribution is 2.43. The van der Waals surface area contributed by atoms with E-state index in [0.717, 1.165) is 12.8 Å². The maximum atomic E-state index is 11.4. The van der Waals surface area contributed by atoms with Gasteiger partial charge in [-0.3, -0.25) is 0 Å². The van der Waals surface area contributed by atoms with Crippen LogP contribution in [-0.4, -0.2) is 30.5 Å². The zero-order valence-corrected chi connectivity index (χ0v) is 10.7. The zero-order valence-electron chi connectivity index (χ0n) is 8.25. The number of hydrogen-bond donors (Lipinski definition) is 0. The standard InChI is InChI=1S/C8H16BrNO2S/c1-8(2)4-7(5-8)10(3)13(11,12)6-9/h7H,4-6H2,1-3H3. The van der Waals surface area contributed by atoms with Gasteiger partial charge in [-0.2, -0.15) is 0 Å². The molecule has 0 atom stereocenters. The molecule has 0 spiro atoms. The smallest absolute Gasteiger partial charge is 0.211 e. The van der Waals surface area contributed by atoms with E-state index in [1.54, 1.807) is 7.05 Å². The van der Waals surface area contributed by atoms with Gasteiger partial charge in [0.1, 0.15) is 4.66 Å². The van der Waals surface area contributed by atoms with Crippen molar-refractivity contribution in [3.05, 3.63) is 0 Å². The van der Waals surface area contributed by atoms with Crippen LogP contribution in [0.4, 0.5) is 0 Å². The zero-order chi connectivity index (χ0) is 10.3. The van der Waals surface area contributed by atoms with Crippen LogP contribution in [0.15, 0.2) is 0 Å². The molecule has 0 aromatic rings. The SMILES string of the molecule is CN(C1CC(C)(C)C1)S(=O)(=O)CBr. The molecule has 5 heteroatoms. The van der Waals surface area contributed by atoms with Crippen molar-refractivity contribution >= 4 is 26.0 Å². The van der Waals surface area contributed by atoms with Crippen molar-refractivity contribution in [3.8, 4) is 0 Å². The molecule has 0 aromatic carbocycles. The average molecular weight is 270 g/mol. The largest absolute Gasteiger partial charge is 0.224 e. The molecular formula is C8H16BrNO2S. The Morgan fingerprint density at radius 2 is 1.92 bits per heavy atom. The van der Waals surface area contributed by atoms with Crippen LogP contribution in [0.2, 0.25) is 0 Å². The van der Waals surface area contributed by atoms with Gasteiger partial charge in [0.05, 0.1) is 0 Å². The first-order chi connectivity index (χ1) is 5.78. The van der Waals surface area contributed by atoms with E-state index in [9.17, 15) is 8.42 Å². The number of alkyl halides is 1. The van der Waals surface area contributed by atoms with Crippen molar-refractivity contribution in [2.45, 2.75) is 32.7 Å². The summed E-state index contributed by atoms with van der Waals surface area (Å²) in [6, 6.07) is 0.206. The van der Waals surface area contributed by atoms with E-state index in [2.05, 4.69) is 29.8 Å². The quantitative estimate of drug-likeness (QED) is 0.733. The number of hydrogen-bond acceptors (Lipinski definition) is 2. The van der Waals surface area contributed by atoms with Crippen molar-refractivity contribution in [3.63, 3.8) is 0 Å². The van der Waals surface area contributed by atoms with Gasteiger partial charge in [-0.05, 0) is 18.3 Å². The summed E-state index contributed by atoms with van der Waals surface area (Å²) in [5, 5.41) is 0. The van der Waals surface area contributed by atoms with Crippen molar-refractivity contribution in [2.75, 3.05) is 11.7 Å². The fourth-order valence-electron chi connectivity index (χ4n) is 1.78. The Kier molecular flexibility index (Phi) is 3.10. The lowest BCUT2D eigenvalue weighted by Gasteiger charge is -2.46. The molecule has 1 aliphatic carbocycles. The molecule has 0 saturated heterocycles. The first-order valence-corrected chi connectivity index (χ1v) is 7.03. The molecule has 1 aliphatic rings. The first kappa shape index (κ1) is 11.5. The molecule has 78 valence electrons. The van der Waals surface area contributed by atoms with Crippen LogP contribution in [0.5, 0.6) is 0 Å². The molecule has 0 N–H and O–H groups in total. The normalized spacial score (nSPS) is 23.2. The Balaban J connectivity index is 2.58. The van der Waals surface area contributed by atoms with E-state index in [1.165, 1.54) is 4.31 Å². The van der Waals surface area contributed by atoms with Crippen molar-refractivity contribution in [1.82, 2.24) is 4.31 Å². The van der Waals surface area contributed by atoms with Crippen LogP contribution in [0.25, 0.3) is 0 Å². The van der Waals surface area contributed by atoms with Crippen LogP contribution < -0.4 is 0 Å². The third-order valence-corrected chi connectivity index (χ3v) is 5.85. The van der Waals surface area contributed by atoms with Crippen molar-refractivity contribution in [1.29, 1.82) is 0 Å². The topological polar surface area (TPSA) is 37.4 Å². The molecule has 0 bridgehead atoms. The minimum atomic E-state index is -3.06. The van der Waals surface area contributed by atoms with Crippen molar-refractivity contribution in [2.24, 2.45) is 5.41 Å². The van der Waals surface area contributed by atoms with E-state index < -0.39 is 10.0 Å². The van der Waals surface area contributed by atoms with Gasteiger partial charge < -0.3 is 0 Å². The lowest BCUT2D eigenvalue weighted by Crippen LogP contribution is -2.49. The minimum absolute atomic E-state index is 0.0213. The van der Waals surface area contributed by atoms with Gasteiger partial charge in [-0.1, -0.05) is 29.8 Å². The number of halogens is 1. The highest BCUT2D eigenvalue weighted by molar-refractivity contribution is 9.10. The predicted octanol–water partition coefficient (Wildman–Crippen LogP) is 1.79. The first-order valence-electron chi connectivity index (χ1n) is 4.30. The summed E-state index contributed by atoms with van der Waals surface area (Å²) in [6.07, 6.45) is 1.94. The minimum Gasteiger partial charge on any atom is -0.211 e. The van der Waals surface area contributed by atoms with Crippen molar-refractivity contribution < 1.29 is 8.42 Å². The maximum Gasteiger partial charge on any atom is 0.224 e. The van der Waals surface area contributed by atoms with E-state index in [1.807, 2.05) is 0 Å². The van der Waals surface area contributed by atoms with Gasteiger partial charge in [-0.25, -0.2) is 12.7 Å². The van der Waals surface area contributed by atoms with Gasteiger partial charge in [-0.15, -0.1) is 0 Å². The summed E-state index contributed by atoms with van der Waals surface area (Å²) < 4.78 is 24.4. The van der Waals surface area contributed by atoms with Crippen LogP contribution in [0.3, 0.4) is 0 Å². The Bertz CT molecular complexity index is 279. The van der Waals surface area contributed by atoms with E-state index in [0.29, 0.717) is 5.41 Å². The van der Waals surface area contributed by atoms with Crippen LogP contribution >= 0.6 is 15.9 Å². The average Bonchev–Trinajstić information content (AvgIpc) is 1.98. The highest BCUT2D eigenvalue weighted by atomic mass is 79.9. The van der Waals surface area contributed by atoms with Crippen LogP contribution in [0, 0.1) is 5.41 Å². The molecule has 13 heavy (non-hydrogen) atoms. The molecule has 1 saturated carbocycles. The highest BCUT2D eigenvalue weighted by Gasteiger charge is 2.41.